The molecule has 0 saturated heterocycles. The number of rotatable bonds is 2. The minimum absolute atomic E-state index is 0.208. The number of halogens is 3. The lowest BCUT2D eigenvalue weighted by Crippen LogP contribution is -2.07. The minimum Gasteiger partial charge on any atom is -0.288 e. The summed E-state index contributed by atoms with van der Waals surface area (Å²) in [6.07, 6.45) is 3.06. The molecule has 2 aromatic carbocycles. The van der Waals surface area contributed by atoms with E-state index in [1.165, 1.54) is 12.3 Å². The van der Waals surface area contributed by atoms with Gasteiger partial charge in [0.2, 0.25) is 0 Å². The van der Waals surface area contributed by atoms with E-state index in [0.29, 0.717) is 10.8 Å². The van der Waals surface area contributed by atoms with Gasteiger partial charge in [0.15, 0.2) is 23.2 Å². The first-order valence-electron chi connectivity index (χ1n) is 6.10. The van der Waals surface area contributed by atoms with Gasteiger partial charge in [0, 0.05) is 23.3 Å². The van der Waals surface area contributed by atoms with Crippen LogP contribution < -0.4 is 0 Å². The number of aromatic nitrogens is 1. The molecule has 0 aliphatic rings. The summed E-state index contributed by atoms with van der Waals surface area (Å²) >= 11 is 0. The number of fused-ring (bicyclic) bond motifs is 1. The second-order valence-corrected chi connectivity index (χ2v) is 4.45. The second-order valence-electron chi connectivity index (χ2n) is 4.45. The Morgan fingerprint density at radius 2 is 1.71 bits per heavy atom. The number of carbonyl (C=O) groups excluding carboxylic acids is 1. The minimum atomic E-state index is -1.65. The van der Waals surface area contributed by atoms with Crippen molar-refractivity contribution in [1.82, 2.24) is 4.98 Å². The van der Waals surface area contributed by atoms with E-state index in [9.17, 15) is 18.0 Å². The molecule has 0 unspecified atom stereocenters. The quantitative estimate of drug-likeness (QED) is 0.529. The monoisotopic (exact) mass is 287 g/mol. The fourth-order valence-corrected chi connectivity index (χ4v) is 2.17. The van der Waals surface area contributed by atoms with Crippen LogP contribution >= 0.6 is 0 Å². The molecule has 0 radical (unpaired) electrons. The summed E-state index contributed by atoms with van der Waals surface area (Å²) in [7, 11) is 0. The van der Waals surface area contributed by atoms with E-state index >= 15 is 0 Å². The van der Waals surface area contributed by atoms with Crippen molar-refractivity contribution in [3.8, 4) is 0 Å². The van der Waals surface area contributed by atoms with Crippen molar-refractivity contribution in [2.75, 3.05) is 0 Å². The van der Waals surface area contributed by atoms with Crippen molar-refractivity contribution in [2.45, 2.75) is 0 Å². The van der Waals surface area contributed by atoms with E-state index < -0.39 is 28.8 Å². The maximum atomic E-state index is 13.8. The fraction of sp³-hybridized carbons (Fsp3) is 0. The lowest BCUT2D eigenvalue weighted by molar-refractivity contribution is 0.103. The van der Waals surface area contributed by atoms with E-state index in [2.05, 4.69) is 4.98 Å². The molecule has 104 valence electrons. The number of carbonyl (C=O) groups is 1. The third-order valence-corrected chi connectivity index (χ3v) is 3.21. The van der Waals surface area contributed by atoms with Crippen LogP contribution in [-0.2, 0) is 0 Å². The molecule has 0 spiro atoms. The molecule has 0 amide bonds. The number of pyridine rings is 1. The topological polar surface area (TPSA) is 30.0 Å². The van der Waals surface area contributed by atoms with Gasteiger partial charge in [-0.1, -0.05) is 18.2 Å². The molecule has 3 aromatic rings. The van der Waals surface area contributed by atoms with Crippen molar-refractivity contribution in [3.63, 3.8) is 0 Å². The molecule has 0 aliphatic heterocycles. The molecule has 1 aromatic heterocycles. The van der Waals surface area contributed by atoms with Crippen molar-refractivity contribution in [2.24, 2.45) is 0 Å². The first-order valence-corrected chi connectivity index (χ1v) is 6.10. The molecule has 0 N–H and O–H groups in total. The fourth-order valence-electron chi connectivity index (χ4n) is 2.17. The summed E-state index contributed by atoms with van der Waals surface area (Å²) in [5, 5.41) is 1.27. The van der Waals surface area contributed by atoms with Crippen molar-refractivity contribution >= 4 is 16.6 Å². The highest BCUT2D eigenvalue weighted by Gasteiger charge is 2.21. The van der Waals surface area contributed by atoms with Crippen molar-refractivity contribution in [1.29, 1.82) is 0 Å². The van der Waals surface area contributed by atoms with Crippen molar-refractivity contribution < 1.29 is 18.0 Å². The van der Waals surface area contributed by atoms with Gasteiger partial charge in [-0.2, -0.15) is 0 Å². The van der Waals surface area contributed by atoms with Gasteiger partial charge < -0.3 is 0 Å². The summed E-state index contributed by atoms with van der Waals surface area (Å²) in [5.74, 6) is -5.16. The third-order valence-electron chi connectivity index (χ3n) is 3.21. The van der Waals surface area contributed by atoms with Gasteiger partial charge in [-0.05, 0) is 23.6 Å². The van der Waals surface area contributed by atoms with E-state index in [-0.39, 0.29) is 5.56 Å². The number of hydrogen-bond donors (Lipinski definition) is 0. The Morgan fingerprint density at radius 3 is 2.52 bits per heavy atom. The predicted molar refractivity (Wildman–Crippen MR) is 71.5 cm³/mol. The van der Waals surface area contributed by atoms with Crippen LogP contribution in [0.1, 0.15) is 15.9 Å². The SMILES string of the molecule is O=C(c1ccc(F)c(F)c1F)c1cccc2cnccc12. The summed E-state index contributed by atoms with van der Waals surface area (Å²) in [6.45, 7) is 0. The normalized spacial score (nSPS) is 10.8. The third kappa shape index (κ3) is 2.16. The molecule has 2 nitrogen and oxygen atoms in total. The van der Waals surface area contributed by atoms with Crippen LogP contribution in [0.3, 0.4) is 0 Å². The molecule has 3 rings (SSSR count). The number of hydrogen-bond acceptors (Lipinski definition) is 2. The van der Waals surface area contributed by atoms with Crippen LogP contribution in [-0.4, -0.2) is 10.8 Å². The number of nitrogens with zero attached hydrogens (tertiary/aromatic N) is 1. The zero-order valence-corrected chi connectivity index (χ0v) is 10.6. The lowest BCUT2D eigenvalue weighted by atomic mass is 9.98. The Morgan fingerprint density at radius 1 is 0.905 bits per heavy atom. The van der Waals surface area contributed by atoms with Gasteiger partial charge in [-0.25, -0.2) is 13.2 Å². The highest BCUT2D eigenvalue weighted by Crippen LogP contribution is 2.23. The highest BCUT2D eigenvalue weighted by atomic mass is 19.2. The van der Waals surface area contributed by atoms with E-state index in [1.54, 1.807) is 24.4 Å². The Hall–Kier alpha value is -2.69. The molecule has 0 bridgehead atoms. The molecule has 1 heterocycles. The predicted octanol–water partition coefficient (Wildman–Crippen LogP) is 3.88. The summed E-state index contributed by atoms with van der Waals surface area (Å²) in [4.78, 5) is 16.3. The summed E-state index contributed by atoms with van der Waals surface area (Å²) in [6, 6.07) is 8.16. The second kappa shape index (κ2) is 5.01. The Labute approximate surface area is 117 Å². The van der Waals surface area contributed by atoms with Crippen LogP contribution in [0.5, 0.6) is 0 Å². The summed E-state index contributed by atoms with van der Waals surface area (Å²) in [5.41, 5.74) is -0.293. The van der Waals surface area contributed by atoms with Gasteiger partial charge in [0.1, 0.15) is 0 Å². The van der Waals surface area contributed by atoms with Gasteiger partial charge in [-0.15, -0.1) is 0 Å². The number of ketones is 1. The largest absolute Gasteiger partial charge is 0.288 e. The van der Waals surface area contributed by atoms with Gasteiger partial charge in [-0.3, -0.25) is 9.78 Å². The molecule has 0 saturated carbocycles. The van der Waals surface area contributed by atoms with E-state index in [4.69, 9.17) is 0 Å². The summed E-state index contributed by atoms with van der Waals surface area (Å²) < 4.78 is 40.0. The molecular formula is C16H8F3NO. The molecular weight excluding hydrogens is 279 g/mol. The van der Waals surface area contributed by atoms with Gasteiger partial charge >= 0.3 is 0 Å². The van der Waals surface area contributed by atoms with Gasteiger partial charge in [0.05, 0.1) is 5.56 Å². The van der Waals surface area contributed by atoms with E-state index in [1.807, 2.05) is 0 Å². The highest BCUT2D eigenvalue weighted by molar-refractivity contribution is 6.16. The average Bonchev–Trinajstić information content (AvgIpc) is 2.51. The maximum Gasteiger partial charge on any atom is 0.196 e. The first-order chi connectivity index (χ1) is 10.1. The number of benzene rings is 2. The van der Waals surface area contributed by atoms with Crippen LogP contribution in [0.2, 0.25) is 0 Å². The first kappa shape index (κ1) is 13.3. The molecule has 0 fully saturated rings. The zero-order chi connectivity index (χ0) is 15.0. The standard InChI is InChI=1S/C16H8F3NO/c17-13-5-4-12(14(18)15(13)19)16(21)11-3-1-2-9-8-20-7-6-10(9)11/h1-8H. The zero-order valence-electron chi connectivity index (χ0n) is 10.6. The van der Waals surface area contributed by atoms with Crippen LogP contribution in [0.15, 0.2) is 48.8 Å². The molecule has 5 heteroatoms. The van der Waals surface area contributed by atoms with Gasteiger partial charge in [0.25, 0.3) is 0 Å². The maximum absolute atomic E-state index is 13.8. The van der Waals surface area contributed by atoms with Crippen LogP contribution in [0.25, 0.3) is 10.8 Å². The Bertz CT molecular complexity index is 856. The Balaban J connectivity index is 2.20. The van der Waals surface area contributed by atoms with E-state index in [0.717, 1.165) is 12.1 Å². The Kier molecular flexibility index (Phi) is 3.17. The molecule has 0 atom stereocenters. The lowest BCUT2D eigenvalue weighted by Gasteiger charge is -2.07. The van der Waals surface area contributed by atoms with Crippen molar-refractivity contribution in [3.05, 3.63) is 77.4 Å². The van der Waals surface area contributed by atoms with Crippen LogP contribution in [0.4, 0.5) is 13.2 Å². The van der Waals surface area contributed by atoms with Crippen LogP contribution in [0, 0.1) is 17.5 Å². The molecule has 0 aliphatic carbocycles. The molecule has 21 heavy (non-hydrogen) atoms. The average molecular weight is 287 g/mol. The smallest absolute Gasteiger partial charge is 0.196 e.